The van der Waals surface area contributed by atoms with Gasteiger partial charge in [0.05, 0.1) is 5.69 Å². The zero-order chi connectivity index (χ0) is 14.9. The molecule has 4 nitrogen and oxygen atoms in total. The van der Waals surface area contributed by atoms with Gasteiger partial charge in [-0.15, -0.1) is 0 Å². The summed E-state index contributed by atoms with van der Waals surface area (Å²) in [5.41, 5.74) is 1.12. The maximum Gasteiger partial charge on any atom is 0.320 e. The minimum Gasteiger partial charge on any atom is -0.305 e. The van der Waals surface area contributed by atoms with Crippen molar-refractivity contribution in [1.82, 2.24) is 9.13 Å². The Morgan fingerprint density at radius 1 is 1.25 bits per heavy atom. The van der Waals surface area contributed by atoms with Crippen LogP contribution in [0.15, 0.2) is 52.3 Å². The molecule has 1 aromatic carbocycles. The highest BCUT2D eigenvalue weighted by molar-refractivity contribution is 6.30. The van der Waals surface area contributed by atoms with Gasteiger partial charge in [-0.3, -0.25) is 14.2 Å². The van der Waals surface area contributed by atoms with E-state index in [0.717, 1.165) is 11.1 Å². The van der Waals surface area contributed by atoms with E-state index in [1.54, 1.807) is 31.5 Å². The van der Waals surface area contributed by atoms with Gasteiger partial charge in [-0.2, -0.15) is 0 Å². The van der Waals surface area contributed by atoms with Crippen LogP contribution < -0.4 is 11.1 Å². The van der Waals surface area contributed by atoms with Gasteiger partial charge in [0, 0.05) is 24.0 Å². The Hall–Kier alpha value is -2.07. The minimum atomic E-state index is -0.598. The van der Waals surface area contributed by atoms with Crippen LogP contribution in [0.4, 0.5) is 0 Å². The Morgan fingerprint density at radius 3 is 2.60 bits per heavy atom. The second kappa shape index (κ2) is 5.51. The highest BCUT2D eigenvalue weighted by atomic mass is 35.5. The molecule has 0 atom stereocenters. The predicted octanol–water partition coefficient (Wildman–Crippen LogP) is 2.54. The smallest absolute Gasteiger partial charge is 0.305 e. The van der Waals surface area contributed by atoms with Gasteiger partial charge < -0.3 is 4.57 Å². The van der Waals surface area contributed by atoms with Gasteiger partial charge in [0.15, 0.2) is 0 Å². The van der Waals surface area contributed by atoms with Crippen molar-refractivity contribution in [1.29, 1.82) is 0 Å². The third-order valence-electron chi connectivity index (χ3n) is 2.93. The number of hydrogen-bond donors (Lipinski definition) is 0. The number of allylic oxidation sites excluding steroid dienone is 1. The van der Waals surface area contributed by atoms with Crippen molar-refractivity contribution in [2.24, 2.45) is 0 Å². The monoisotopic (exact) mass is 290 g/mol. The van der Waals surface area contributed by atoms with Crippen molar-refractivity contribution in [3.8, 4) is 5.69 Å². The van der Waals surface area contributed by atoms with Crippen LogP contribution in [0, 0.1) is 6.92 Å². The summed E-state index contributed by atoms with van der Waals surface area (Å²) in [5.74, 6) is 0. The molecular weight excluding hydrogens is 276 g/mol. The molecule has 2 aromatic rings. The zero-order valence-corrected chi connectivity index (χ0v) is 12.1. The van der Waals surface area contributed by atoms with Crippen LogP contribution in [0.2, 0.25) is 5.02 Å². The molecule has 0 spiro atoms. The summed E-state index contributed by atoms with van der Waals surface area (Å²) in [6, 6.07) is 5.22. The molecule has 0 aliphatic carbocycles. The normalized spacial score (nSPS) is 10.6. The van der Waals surface area contributed by atoms with Crippen molar-refractivity contribution in [2.75, 3.05) is 0 Å². The summed E-state index contributed by atoms with van der Waals surface area (Å²) in [4.78, 5) is 24.2. The maximum absolute atomic E-state index is 12.2. The fraction of sp³-hybridized carbons (Fsp3) is 0.200. The number of rotatable bonds is 3. The van der Waals surface area contributed by atoms with Gasteiger partial charge in [0.2, 0.25) is 0 Å². The van der Waals surface area contributed by atoms with Gasteiger partial charge in [-0.25, -0.2) is 0 Å². The van der Waals surface area contributed by atoms with E-state index in [1.165, 1.54) is 9.13 Å². The van der Waals surface area contributed by atoms with Gasteiger partial charge in [-0.1, -0.05) is 29.8 Å². The molecule has 0 unspecified atom stereocenters. The zero-order valence-electron chi connectivity index (χ0n) is 11.4. The Balaban J connectivity index is 2.63. The van der Waals surface area contributed by atoms with Gasteiger partial charge in [-0.05, 0) is 31.5 Å². The number of hydrogen-bond acceptors (Lipinski definition) is 2. The highest BCUT2D eigenvalue weighted by Gasteiger charge is 2.09. The van der Waals surface area contributed by atoms with Gasteiger partial charge >= 0.3 is 11.1 Å². The quantitative estimate of drug-likeness (QED) is 0.644. The van der Waals surface area contributed by atoms with Crippen LogP contribution in [-0.4, -0.2) is 9.13 Å². The van der Waals surface area contributed by atoms with E-state index in [1.807, 2.05) is 13.0 Å². The van der Waals surface area contributed by atoms with Crippen LogP contribution in [0.25, 0.3) is 5.69 Å². The molecule has 0 aliphatic heterocycles. The molecule has 1 aromatic heterocycles. The molecule has 0 bridgehead atoms. The van der Waals surface area contributed by atoms with Crippen LogP contribution in [0.1, 0.15) is 12.5 Å². The lowest BCUT2D eigenvalue weighted by Gasteiger charge is -2.11. The number of aromatic nitrogens is 2. The van der Waals surface area contributed by atoms with Crippen molar-refractivity contribution in [2.45, 2.75) is 20.4 Å². The number of aryl methyl sites for hydroxylation is 1. The number of nitrogens with zero attached hydrogens (tertiary/aromatic N) is 2. The summed E-state index contributed by atoms with van der Waals surface area (Å²) >= 11 is 5.95. The van der Waals surface area contributed by atoms with Crippen molar-refractivity contribution in [3.63, 3.8) is 0 Å². The average molecular weight is 291 g/mol. The molecule has 0 aliphatic rings. The van der Waals surface area contributed by atoms with E-state index >= 15 is 0 Å². The highest BCUT2D eigenvalue weighted by Crippen LogP contribution is 2.17. The lowest BCUT2D eigenvalue weighted by molar-refractivity contribution is 0.710. The molecule has 0 saturated carbocycles. The largest absolute Gasteiger partial charge is 0.320 e. The van der Waals surface area contributed by atoms with Crippen LogP contribution >= 0.6 is 11.6 Å². The van der Waals surface area contributed by atoms with Crippen LogP contribution in [0.3, 0.4) is 0 Å². The summed E-state index contributed by atoms with van der Waals surface area (Å²) in [5, 5.41) is 0.517. The first kappa shape index (κ1) is 14.3. The molecule has 0 fully saturated rings. The van der Waals surface area contributed by atoms with Gasteiger partial charge in [0.25, 0.3) is 0 Å². The van der Waals surface area contributed by atoms with E-state index in [2.05, 4.69) is 6.58 Å². The molecule has 0 saturated heterocycles. The molecule has 104 valence electrons. The minimum absolute atomic E-state index is 0.337. The first-order valence-electron chi connectivity index (χ1n) is 6.13. The predicted molar refractivity (Wildman–Crippen MR) is 80.9 cm³/mol. The average Bonchev–Trinajstić information content (AvgIpc) is 2.38. The second-order valence-electron chi connectivity index (χ2n) is 4.79. The fourth-order valence-electron chi connectivity index (χ4n) is 1.96. The lowest BCUT2D eigenvalue weighted by atomic mass is 10.2. The lowest BCUT2D eigenvalue weighted by Crippen LogP contribution is -2.40. The Bertz CT molecular complexity index is 787. The van der Waals surface area contributed by atoms with Crippen LogP contribution in [0.5, 0.6) is 0 Å². The van der Waals surface area contributed by atoms with Crippen molar-refractivity contribution >= 4 is 11.6 Å². The summed E-state index contributed by atoms with van der Waals surface area (Å²) < 4.78 is 2.67. The summed E-state index contributed by atoms with van der Waals surface area (Å²) in [6.07, 6.45) is 3.16. The standard InChI is InChI=1S/C15H15ClN2O2/c1-10(2)9-17-6-7-18(15(20)14(17)19)13-8-12(16)5-4-11(13)3/h4-8H,1,9H2,2-3H3. The third kappa shape index (κ3) is 2.75. The molecule has 0 N–H and O–H groups in total. The number of benzene rings is 1. The van der Waals surface area contributed by atoms with Gasteiger partial charge in [0.1, 0.15) is 0 Å². The van der Waals surface area contributed by atoms with Crippen molar-refractivity contribution in [3.05, 3.63) is 74.0 Å². The maximum atomic E-state index is 12.2. The first-order chi connectivity index (χ1) is 9.40. The van der Waals surface area contributed by atoms with Crippen LogP contribution in [-0.2, 0) is 6.54 Å². The summed E-state index contributed by atoms with van der Waals surface area (Å²) in [7, 11) is 0. The van der Waals surface area contributed by atoms with E-state index in [9.17, 15) is 9.59 Å². The van der Waals surface area contributed by atoms with Crippen molar-refractivity contribution < 1.29 is 0 Å². The summed E-state index contributed by atoms with van der Waals surface area (Å²) in [6.45, 7) is 7.74. The first-order valence-corrected chi connectivity index (χ1v) is 6.51. The molecular formula is C15H15ClN2O2. The number of halogens is 1. The third-order valence-corrected chi connectivity index (χ3v) is 3.16. The van der Waals surface area contributed by atoms with E-state index in [-0.39, 0.29) is 0 Å². The molecule has 5 heteroatoms. The molecule has 2 rings (SSSR count). The Labute approximate surface area is 121 Å². The topological polar surface area (TPSA) is 44.0 Å². The Morgan fingerprint density at radius 2 is 1.95 bits per heavy atom. The second-order valence-corrected chi connectivity index (χ2v) is 5.23. The fourth-order valence-corrected chi connectivity index (χ4v) is 2.12. The van der Waals surface area contributed by atoms with E-state index in [0.29, 0.717) is 17.3 Å². The SMILES string of the molecule is C=C(C)Cn1ccn(-c2cc(Cl)ccc2C)c(=O)c1=O. The van der Waals surface area contributed by atoms with E-state index < -0.39 is 11.1 Å². The molecule has 1 heterocycles. The molecule has 0 amide bonds. The molecule has 0 radical (unpaired) electrons. The van der Waals surface area contributed by atoms with E-state index in [4.69, 9.17) is 11.6 Å². The Kier molecular flexibility index (Phi) is 3.95. The molecule has 20 heavy (non-hydrogen) atoms.